The third-order valence-corrected chi connectivity index (χ3v) is 3.61. The Hall–Kier alpha value is -0.610. The summed E-state index contributed by atoms with van der Waals surface area (Å²) >= 11 is 0. The van der Waals surface area contributed by atoms with E-state index in [9.17, 15) is 4.79 Å². The summed E-state index contributed by atoms with van der Waals surface area (Å²) in [6, 6.07) is -0.111. The third kappa shape index (κ3) is 3.68. The molecule has 0 aromatic carbocycles. The highest BCUT2D eigenvalue weighted by molar-refractivity contribution is 5.75. The number of piperidine rings is 1. The molecule has 0 bridgehead atoms. The molecule has 0 spiro atoms. The second-order valence-electron chi connectivity index (χ2n) is 4.71. The van der Waals surface area contributed by atoms with Gasteiger partial charge in [0.05, 0.1) is 12.7 Å². The van der Waals surface area contributed by atoms with E-state index in [-0.39, 0.29) is 18.1 Å². The van der Waals surface area contributed by atoms with Gasteiger partial charge in [0.15, 0.2) is 0 Å². The van der Waals surface area contributed by atoms with Crippen molar-refractivity contribution in [2.24, 2.45) is 5.92 Å². The Labute approximate surface area is 104 Å². The molecule has 0 saturated carbocycles. The van der Waals surface area contributed by atoms with Gasteiger partial charge in [-0.05, 0) is 32.2 Å². The monoisotopic (exact) mass is 243 g/mol. The summed E-state index contributed by atoms with van der Waals surface area (Å²) < 4.78 is 10.6. The van der Waals surface area contributed by atoms with E-state index >= 15 is 0 Å². The highest BCUT2D eigenvalue weighted by Gasteiger charge is 2.33. The Morgan fingerprint density at radius 3 is 2.71 bits per heavy atom. The van der Waals surface area contributed by atoms with Crippen molar-refractivity contribution in [2.45, 2.75) is 45.8 Å². The lowest BCUT2D eigenvalue weighted by Crippen LogP contribution is -2.51. The highest BCUT2D eigenvalue weighted by atomic mass is 16.5. The van der Waals surface area contributed by atoms with Crippen LogP contribution in [0.5, 0.6) is 0 Å². The molecular formula is C13H25NO3. The Morgan fingerprint density at radius 2 is 2.18 bits per heavy atom. The molecule has 1 aliphatic rings. The van der Waals surface area contributed by atoms with Crippen molar-refractivity contribution < 1.29 is 14.3 Å². The molecule has 3 atom stereocenters. The van der Waals surface area contributed by atoms with Crippen LogP contribution in [-0.4, -0.2) is 49.8 Å². The molecule has 3 unspecified atom stereocenters. The van der Waals surface area contributed by atoms with Gasteiger partial charge in [0.25, 0.3) is 0 Å². The number of carbonyl (C=O) groups excluding carboxylic acids is 1. The van der Waals surface area contributed by atoms with Gasteiger partial charge in [-0.25, -0.2) is 0 Å². The van der Waals surface area contributed by atoms with Crippen LogP contribution < -0.4 is 0 Å². The summed E-state index contributed by atoms with van der Waals surface area (Å²) in [7, 11) is 1.75. The number of rotatable bonds is 5. The lowest BCUT2D eigenvalue weighted by molar-refractivity contribution is -0.151. The van der Waals surface area contributed by atoms with Gasteiger partial charge < -0.3 is 9.47 Å². The smallest absolute Gasteiger partial charge is 0.323 e. The van der Waals surface area contributed by atoms with Gasteiger partial charge in [0.1, 0.15) is 6.04 Å². The van der Waals surface area contributed by atoms with Crippen LogP contribution >= 0.6 is 0 Å². The van der Waals surface area contributed by atoms with Crippen molar-refractivity contribution in [2.75, 3.05) is 26.8 Å². The van der Waals surface area contributed by atoms with Crippen molar-refractivity contribution in [3.63, 3.8) is 0 Å². The minimum Gasteiger partial charge on any atom is -0.465 e. The molecule has 0 amide bonds. The Kier molecular flexibility index (Phi) is 5.92. The van der Waals surface area contributed by atoms with E-state index in [4.69, 9.17) is 9.47 Å². The van der Waals surface area contributed by atoms with Gasteiger partial charge in [0.2, 0.25) is 0 Å². The molecule has 1 saturated heterocycles. The Balaban J connectivity index is 2.60. The van der Waals surface area contributed by atoms with Crippen LogP contribution in [-0.2, 0) is 14.3 Å². The lowest BCUT2D eigenvalue weighted by Gasteiger charge is -2.39. The Bertz CT molecular complexity index is 245. The van der Waals surface area contributed by atoms with Crippen LogP contribution in [0, 0.1) is 5.92 Å². The molecule has 1 heterocycles. The van der Waals surface area contributed by atoms with Gasteiger partial charge in [0, 0.05) is 13.7 Å². The third-order valence-electron chi connectivity index (χ3n) is 3.61. The molecule has 4 heteroatoms. The van der Waals surface area contributed by atoms with E-state index in [0.29, 0.717) is 12.5 Å². The fourth-order valence-corrected chi connectivity index (χ4v) is 2.46. The first-order valence-electron chi connectivity index (χ1n) is 6.57. The fourth-order valence-electron chi connectivity index (χ4n) is 2.46. The average Bonchev–Trinajstić information content (AvgIpc) is 2.32. The molecule has 0 N–H and O–H groups in total. The number of nitrogens with zero attached hydrogens (tertiary/aromatic N) is 1. The molecular weight excluding hydrogens is 218 g/mol. The van der Waals surface area contributed by atoms with Crippen molar-refractivity contribution in [3.8, 4) is 0 Å². The van der Waals surface area contributed by atoms with Gasteiger partial charge in [-0.15, -0.1) is 0 Å². The summed E-state index contributed by atoms with van der Waals surface area (Å²) in [6.45, 7) is 8.32. The number of ether oxygens (including phenoxy) is 2. The quantitative estimate of drug-likeness (QED) is 0.689. The number of esters is 1. The molecule has 4 nitrogen and oxygen atoms in total. The first kappa shape index (κ1) is 14.5. The predicted molar refractivity (Wildman–Crippen MR) is 66.9 cm³/mol. The van der Waals surface area contributed by atoms with Gasteiger partial charge in [-0.2, -0.15) is 0 Å². The number of carbonyl (C=O) groups is 1. The summed E-state index contributed by atoms with van der Waals surface area (Å²) in [5.74, 6) is 0.468. The maximum absolute atomic E-state index is 11.8. The van der Waals surface area contributed by atoms with Gasteiger partial charge >= 0.3 is 5.97 Å². The molecule has 1 fully saturated rings. The molecule has 0 aromatic rings. The summed E-state index contributed by atoms with van der Waals surface area (Å²) in [5, 5.41) is 0. The molecule has 0 aliphatic carbocycles. The SMILES string of the molecule is CCOC(=O)C(CC)N1CCC(C)C(OC)C1. The standard InChI is InChI=1S/C13H25NO3/c1-5-11(13(15)17-6-2)14-8-7-10(3)12(9-14)16-4/h10-12H,5-9H2,1-4H3. The summed E-state index contributed by atoms with van der Waals surface area (Å²) in [4.78, 5) is 14.0. The maximum Gasteiger partial charge on any atom is 0.323 e. The van der Waals surface area contributed by atoms with E-state index in [0.717, 1.165) is 25.9 Å². The molecule has 0 aromatic heterocycles. The second-order valence-corrected chi connectivity index (χ2v) is 4.71. The topological polar surface area (TPSA) is 38.8 Å². The van der Waals surface area contributed by atoms with Crippen LogP contribution in [0.1, 0.15) is 33.6 Å². The Morgan fingerprint density at radius 1 is 1.47 bits per heavy atom. The van der Waals surface area contributed by atoms with Crippen LogP contribution in [0.3, 0.4) is 0 Å². The zero-order valence-corrected chi connectivity index (χ0v) is 11.4. The van der Waals surface area contributed by atoms with Crippen molar-refractivity contribution >= 4 is 5.97 Å². The summed E-state index contributed by atoms with van der Waals surface area (Å²) in [6.07, 6.45) is 2.10. The van der Waals surface area contributed by atoms with Crippen molar-refractivity contribution in [3.05, 3.63) is 0 Å². The number of hydrogen-bond acceptors (Lipinski definition) is 4. The largest absolute Gasteiger partial charge is 0.465 e. The van der Waals surface area contributed by atoms with E-state index in [1.54, 1.807) is 7.11 Å². The van der Waals surface area contributed by atoms with Gasteiger partial charge in [-0.1, -0.05) is 13.8 Å². The zero-order valence-electron chi connectivity index (χ0n) is 11.4. The minimum atomic E-state index is -0.111. The minimum absolute atomic E-state index is 0.0978. The molecule has 1 rings (SSSR count). The van der Waals surface area contributed by atoms with Gasteiger partial charge in [-0.3, -0.25) is 9.69 Å². The van der Waals surface area contributed by atoms with Crippen molar-refractivity contribution in [1.82, 2.24) is 4.90 Å². The zero-order chi connectivity index (χ0) is 12.8. The molecule has 0 radical (unpaired) electrons. The normalized spacial score (nSPS) is 27.8. The first-order chi connectivity index (χ1) is 8.13. The van der Waals surface area contributed by atoms with Crippen molar-refractivity contribution in [1.29, 1.82) is 0 Å². The number of methoxy groups -OCH3 is 1. The molecule has 17 heavy (non-hydrogen) atoms. The average molecular weight is 243 g/mol. The van der Waals surface area contributed by atoms with E-state index in [2.05, 4.69) is 11.8 Å². The summed E-state index contributed by atoms with van der Waals surface area (Å²) in [5.41, 5.74) is 0. The molecule has 1 aliphatic heterocycles. The number of likely N-dealkylation sites (tertiary alicyclic amines) is 1. The second kappa shape index (κ2) is 6.97. The fraction of sp³-hybridized carbons (Fsp3) is 0.923. The van der Waals surface area contributed by atoms with E-state index < -0.39 is 0 Å². The molecule has 100 valence electrons. The predicted octanol–water partition coefficient (Wildman–Crippen LogP) is 1.68. The first-order valence-corrected chi connectivity index (χ1v) is 6.57. The highest BCUT2D eigenvalue weighted by Crippen LogP contribution is 2.22. The van der Waals surface area contributed by atoms with Crippen LogP contribution in [0.4, 0.5) is 0 Å². The van der Waals surface area contributed by atoms with Crippen LogP contribution in [0.2, 0.25) is 0 Å². The van der Waals surface area contributed by atoms with Crippen LogP contribution in [0.25, 0.3) is 0 Å². The maximum atomic E-state index is 11.8. The van der Waals surface area contributed by atoms with Crippen LogP contribution in [0.15, 0.2) is 0 Å². The van der Waals surface area contributed by atoms with E-state index in [1.165, 1.54) is 0 Å². The lowest BCUT2D eigenvalue weighted by atomic mass is 9.94. The van der Waals surface area contributed by atoms with E-state index in [1.807, 2.05) is 13.8 Å². The number of hydrogen-bond donors (Lipinski definition) is 0.